The lowest BCUT2D eigenvalue weighted by Crippen LogP contribution is -2.53. The summed E-state index contributed by atoms with van der Waals surface area (Å²) in [6, 6.07) is 3.53. The number of aliphatic hydroxyl groups is 1. The highest BCUT2D eigenvalue weighted by Gasteiger charge is 2.42. The Morgan fingerprint density at radius 3 is 2.43 bits per heavy atom. The Hall–Kier alpha value is -0.590. The van der Waals surface area contributed by atoms with Crippen LogP contribution in [0.1, 0.15) is 65.7 Å². The molecule has 0 heterocycles. The molecular weight excluding hydrogens is 260 g/mol. The number of hydrogen-bond donors (Lipinski definition) is 1. The summed E-state index contributed by atoms with van der Waals surface area (Å²) in [6.45, 7) is 7.99. The van der Waals surface area contributed by atoms with Gasteiger partial charge in [-0.25, -0.2) is 0 Å². The molecule has 0 saturated heterocycles. The van der Waals surface area contributed by atoms with Gasteiger partial charge in [0.2, 0.25) is 0 Å². The van der Waals surface area contributed by atoms with Crippen molar-refractivity contribution in [2.24, 2.45) is 17.3 Å². The number of aliphatic hydroxyl groups excluding tert-OH is 1. The van der Waals surface area contributed by atoms with Crippen LogP contribution in [0.3, 0.4) is 0 Å². The van der Waals surface area contributed by atoms with Crippen molar-refractivity contribution in [2.75, 3.05) is 13.2 Å². The van der Waals surface area contributed by atoms with Gasteiger partial charge >= 0.3 is 0 Å². The summed E-state index contributed by atoms with van der Waals surface area (Å²) in [7, 11) is 0. The van der Waals surface area contributed by atoms with Crippen LogP contribution in [0.2, 0.25) is 0 Å². The van der Waals surface area contributed by atoms with Crippen LogP contribution < -0.4 is 0 Å². The largest absolute Gasteiger partial charge is 0.395 e. The van der Waals surface area contributed by atoms with Gasteiger partial charge in [-0.3, -0.25) is 4.90 Å². The Labute approximate surface area is 130 Å². The summed E-state index contributed by atoms with van der Waals surface area (Å²) in [5.74, 6) is 0.861. The normalized spacial score (nSPS) is 31.0. The summed E-state index contributed by atoms with van der Waals surface area (Å²) < 4.78 is 0. The van der Waals surface area contributed by atoms with Crippen LogP contribution >= 0.6 is 0 Å². The van der Waals surface area contributed by atoms with Gasteiger partial charge < -0.3 is 5.11 Å². The molecule has 0 aromatic carbocycles. The molecule has 0 spiro atoms. The molecule has 2 aliphatic rings. The minimum Gasteiger partial charge on any atom is -0.395 e. The average molecular weight is 292 g/mol. The van der Waals surface area contributed by atoms with Crippen molar-refractivity contribution in [1.82, 2.24) is 4.90 Å². The third-order valence-corrected chi connectivity index (χ3v) is 6.33. The Morgan fingerprint density at radius 2 is 1.95 bits per heavy atom. The van der Waals surface area contributed by atoms with Crippen LogP contribution in [-0.2, 0) is 0 Å². The average Bonchev–Trinajstić information content (AvgIpc) is 2.44. The van der Waals surface area contributed by atoms with Crippen LogP contribution in [0.15, 0.2) is 0 Å². The van der Waals surface area contributed by atoms with Gasteiger partial charge in [-0.15, -0.1) is 0 Å². The molecule has 3 unspecified atom stereocenters. The van der Waals surface area contributed by atoms with E-state index < -0.39 is 0 Å². The summed E-state index contributed by atoms with van der Waals surface area (Å²) in [6.07, 6.45) is 8.35. The highest BCUT2D eigenvalue weighted by Crippen LogP contribution is 2.44. The lowest BCUT2D eigenvalue weighted by molar-refractivity contribution is -0.00331. The maximum absolute atomic E-state index is 9.56. The maximum Gasteiger partial charge on any atom is 0.0672 e. The first-order chi connectivity index (χ1) is 10.0. The Kier molecular flexibility index (Phi) is 5.68. The van der Waals surface area contributed by atoms with E-state index in [-0.39, 0.29) is 12.5 Å². The van der Waals surface area contributed by atoms with Crippen LogP contribution in [0.4, 0.5) is 0 Å². The minimum atomic E-state index is 0.154. The minimum absolute atomic E-state index is 0.154. The van der Waals surface area contributed by atoms with Crippen molar-refractivity contribution in [1.29, 1.82) is 5.26 Å². The monoisotopic (exact) mass is 292 g/mol. The molecule has 3 nitrogen and oxygen atoms in total. The van der Waals surface area contributed by atoms with Crippen molar-refractivity contribution < 1.29 is 5.11 Å². The maximum atomic E-state index is 9.56. The van der Waals surface area contributed by atoms with Gasteiger partial charge in [0.1, 0.15) is 0 Å². The molecule has 2 rings (SSSR count). The van der Waals surface area contributed by atoms with Crippen LogP contribution in [0, 0.1) is 28.6 Å². The Bertz CT molecular complexity index is 370. The molecule has 21 heavy (non-hydrogen) atoms. The molecule has 0 aromatic heterocycles. The van der Waals surface area contributed by atoms with Gasteiger partial charge in [-0.1, -0.05) is 33.6 Å². The third kappa shape index (κ3) is 3.60. The molecule has 1 N–H and O–H groups in total. The fourth-order valence-electron chi connectivity index (χ4n) is 4.12. The van der Waals surface area contributed by atoms with E-state index in [2.05, 4.69) is 31.7 Å². The Morgan fingerprint density at radius 1 is 1.24 bits per heavy atom. The molecule has 3 heteroatoms. The molecular formula is C18H32N2O. The van der Waals surface area contributed by atoms with E-state index in [1.807, 2.05) is 0 Å². The smallest absolute Gasteiger partial charge is 0.0672 e. The van der Waals surface area contributed by atoms with E-state index in [9.17, 15) is 10.4 Å². The van der Waals surface area contributed by atoms with Gasteiger partial charge in [0.15, 0.2) is 0 Å². The predicted octanol–water partition coefficient (Wildman–Crippen LogP) is 3.58. The number of nitriles is 1. The molecule has 0 radical (unpaired) electrons. The summed E-state index contributed by atoms with van der Waals surface area (Å²) >= 11 is 0. The fourth-order valence-corrected chi connectivity index (χ4v) is 4.12. The zero-order valence-electron chi connectivity index (χ0n) is 14.0. The van der Waals surface area contributed by atoms with Crippen molar-refractivity contribution in [3.8, 4) is 6.07 Å². The van der Waals surface area contributed by atoms with Crippen molar-refractivity contribution in [3.05, 3.63) is 0 Å². The van der Waals surface area contributed by atoms with Crippen LogP contribution in [0.25, 0.3) is 0 Å². The second-order valence-electron chi connectivity index (χ2n) is 7.70. The summed E-state index contributed by atoms with van der Waals surface area (Å²) in [5, 5.41) is 19.0. The van der Waals surface area contributed by atoms with E-state index in [1.165, 1.54) is 32.1 Å². The standard InChI is InChI=1S/C18H32N2O/c1-4-18(2,3)15-9-8-14(13-19)17(12-15)20(10-11-21)16-6-5-7-16/h14-17,21H,4-12H2,1-3H3. The molecule has 0 amide bonds. The number of nitrogens with zero attached hydrogens (tertiary/aromatic N) is 2. The topological polar surface area (TPSA) is 47.3 Å². The number of hydrogen-bond acceptors (Lipinski definition) is 3. The van der Waals surface area contributed by atoms with E-state index in [0.717, 1.165) is 19.4 Å². The molecule has 3 atom stereocenters. The Balaban J connectivity index is 2.13. The van der Waals surface area contributed by atoms with Gasteiger partial charge in [-0.05, 0) is 43.4 Å². The zero-order chi connectivity index (χ0) is 15.5. The highest BCUT2D eigenvalue weighted by atomic mass is 16.3. The van der Waals surface area contributed by atoms with E-state index in [0.29, 0.717) is 23.4 Å². The van der Waals surface area contributed by atoms with Gasteiger partial charge in [0.25, 0.3) is 0 Å². The molecule has 2 saturated carbocycles. The molecule has 2 fully saturated rings. The van der Waals surface area contributed by atoms with E-state index in [1.54, 1.807) is 0 Å². The first-order valence-corrected chi connectivity index (χ1v) is 8.79. The quantitative estimate of drug-likeness (QED) is 0.814. The molecule has 120 valence electrons. The van der Waals surface area contributed by atoms with Crippen LogP contribution in [-0.4, -0.2) is 35.2 Å². The lowest BCUT2D eigenvalue weighted by Gasteiger charge is -2.49. The van der Waals surface area contributed by atoms with Gasteiger partial charge in [0.05, 0.1) is 18.6 Å². The van der Waals surface area contributed by atoms with E-state index in [4.69, 9.17) is 0 Å². The van der Waals surface area contributed by atoms with Gasteiger partial charge in [-0.2, -0.15) is 5.26 Å². The SMILES string of the molecule is CCC(C)(C)C1CCC(C#N)C(N(CCO)C2CCC2)C1. The van der Waals surface area contributed by atoms with Crippen molar-refractivity contribution in [2.45, 2.75) is 77.8 Å². The first kappa shape index (κ1) is 16.8. The second-order valence-corrected chi connectivity index (χ2v) is 7.70. The highest BCUT2D eigenvalue weighted by molar-refractivity contribution is 5.01. The number of rotatable bonds is 6. The lowest BCUT2D eigenvalue weighted by atomic mass is 9.65. The summed E-state index contributed by atoms with van der Waals surface area (Å²) in [4.78, 5) is 2.48. The first-order valence-electron chi connectivity index (χ1n) is 8.79. The molecule has 2 aliphatic carbocycles. The van der Waals surface area contributed by atoms with Gasteiger partial charge in [0, 0.05) is 18.6 Å². The second kappa shape index (κ2) is 7.11. The predicted molar refractivity (Wildman–Crippen MR) is 85.7 cm³/mol. The summed E-state index contributed by atoms with van der Waals surface area (Å²) in [5.41, 5.74) is 0.364. The molecule has 0 aliphatic heterocycles. The zero-order valence-corrected chi connectivity index (χ0v) is 14.0. The molecule has 0 aromatic rings. The third-order valence-electron chi connectivity index (χ3n) is 6.33. The van der Waals surface area contributed by atoms with E-state index >= 15 is 0 Å². The molecule has 0 bridgehead atoms. The fraction of sp³-hybridized carbons (Fsp3) is 0.944. The van der Waals surface area contributed by atoms with Crippen molar-refractivity contribution in [3.63, 3.8) is 0 Å². The van der Waals surface area contributed by atoms with Crippen LogP contribution in [0.5, 0.6) is 0 Å². The van der Waals surface area contributed by atoms with Crippen molar-refractivity contribution >= 4 is 0 Å².